The Morgan fingerprint density at radius 2 is 2.17 bits per heavy atom. The Morgan fingerprint density at radius 1 is 1.39 bits per heavy atom. The second-order valence-electron chi connectivity index (χ2n) is 5.89. The van der Waals surface area contributed by atoms with Crippen molar-refractivity contribution in [2.45, 2.75) is 27.2 Å². The number of hydrogen-bond acceptors (Lipinski definition) is 2. The molecule has 0 aliphatic carbocycles. The highest BCUT2D eigenvalue weighted by Crippen LogP contribution is 2.31. The van der Waals surface area contributed by atoms with E-state index >= 15 is 0 Å². The molecule has 1 aromatic carbocycles. The lowest BCUT2D eigenvalue weighted by Crippen LogP contribution is -2.40. The van der Waals surface area contributed by atoms with Gasteiger partial charge in [-0.15, -0.1) is 0 Å². The van der Waals surface area contributed by atoms with Gasteiger partial charge < -0.3 is 10.2 Å². The standard InChI is InChI=1S/C15H23FN2/c1-4-17-10-15(2,3)11-18-8-7-12-5-6-13(16)9-14(12)18/h5-6,9,17H,4,7-8,10-11H2,1-3H3. The van der Waals surface area contributed by atoms with Crippen LogP contribution in [0.5, 0.6) is 0 Å². The normalized spacial score (nSPS) is 15.0. The third kappa shape index (κ3) is 3.02. The van der Waals surface area contributed by atoms with Crippen LogP contribution >= 0.6 is 0 Å². The molecule has 1 aliphatic rings. The van der Waals surface area contributed by atoms with Gasteiger partial charge in [0.15, 0.2) is 0 Å². The molecule has 0 fully saturated rings. The monoisotopic (exact) mass is 250 g/mol. The van der Waals surface area contributed by atoms with Gasteiger partial charge in [0.25, 0.3) is 0 Å². The Labute approximate surface area is 109 Å². The zero-order chi connectivity index (χ0) is 13.2. The van der Waals surface area contributed by atoms with Crippen LogP contribution < -0.4 is 10.2 Å². The number of anilines is 1. The average molecular weight is 250 g/mol. The quantitative estimate of drug-likeness (QED) is 0.864. The van der Waals surface area contributed by atoms with Crippen molar-refractivity contribution in [1.29, 1.82) is 0 Å². The minimum Gasteiger partial charge on any atom is -0.370 e. The molecule has 2 rings (SSSR count). The van der Waals surface area contributed by atoms with E-state index in [-0.39, 0.29) is 11.2 Å². The van der Waals surface area contributed by atoms with E-state index in [2.05, 4.69) is 31.0 Å². The third-order valence-corrected chi connectivity index (χ3v) is 3.51. The molecule has 18 heavy (non-hydrogen) atoms. The average Bonchev–Trinajstić information content (AvgIpc) is 2.69. The van der Waals surface area contributed by atoms with Crippen molar-refractivity contribution in [3.63, 3.8) is 0 Å². The molecule has 1 N–H and O–H groups in total. The Hall–Kier alpha value is -1.09. The van der Waals surface area contributed by atoms with Crippen molar-refractivity contribution in [1.82, 2.24) is 5.32 Å². The zero-order valence-corrected chi connectivity index (χ0v) is 11.6. The molecule has 0 unspecified atom stereocenters. The van der Waals surface area contributed by atoms with Gasteiger partial charge in [0.1, 0.15) is 5.82 Å². The first-order valence-corrected chi connectivity index (χ1v) is 6.76. The Morgan fingerprint density at radius 3 is 2.89 bits per heavy atom. The summed E-state index contributed by atoms with van der Waals surface area (Å²) in [7, 11) is 0. The highest BCUT2D eigenvalue weighted by molar-refractivity contribution is 5.58. The van der Waals surface area contributed by atoms with E-state index in [1.165, 1.54) is 5.56 Å². The van der Waals surface area contributed by atoms with E-state index in [1.54, 1.807) is 12.1 Å². The van der Waals surface area contributed by atoms with Crippen LogP contribution in [0.4, 0.5) is 10.1 Å². The minimum atomic E-state index is -0.134. The van der Waals surface area contributed by atoms with Crippen LogP contribution in [0.2, 0.25) is 0 Å². The fraction of sp³-hybridized carbons (Fsp3) is 0.600. The Kier molecular flexibility index (Phi) is 3.91. The number of hydrogen-bond donors (Lipinski definition) is 1. The van der Waals surface area contributed by atoms with Gasteiger partial charge in [-0.1, -0.05) is 26.8 Å². The number of fused-ring (bicyclic) bond motifs is 1. The minimum absolute atomic E-state index is 0.134. The van der Waals surface area contributed by atoms with Gasteiger partial charge in [0.05, 0.1) is 0 Å². The summed E-state index contributed by atoms with van der Waals surface area (Å²) in [5.41, 5.74) is 2.56. The first-order valence-electron chi connectivity index (χ1n) is 6.76. The van der Waals surface area contributed by atoms with E-state index < -0.39 is 0 Å². The summed E-state index contributed by atoms with van der Waals surface area (Å²) in [6, 6.07) is 5.15. The number of nitrogens with zero attached hydrogens (tertiary/aromatic N) is 1. The first-order chi connectivity index (χ1) is 8.52. The van der Waals surface area contributed by atoms with E-state index in [9.17, 15) is 4.39 Å². The summed E-state index contributed by atoms with van der Waals surface area (Å²) in [6.45, 7) is 10.6. The smallest absolute Gasteiger partial charge is 0.125 e. The van der Waals surface area contributed by atoms with Gasteiger partial charge in [0, 0.05) is 25.3 Å². The second-order valence-corrected chi connectivity index (χ2v) is 5.89. The molecule has 0 aromatic heterocycles. The summed E-state index contributed by atoms with van der Waals surface area (Å²) in [4.78, 5) is 2.32. The van der Waals surface area contributed by atoms with Gasteiger partial charge >= 0.3 is 0 Å². The molecule has 3 heteroatoms. The molecule has 2 nitrogen and oxygen atoms in total. The molecule has 100 valence electrons. The molecule has 1 aliphatic heterocycles. The summed E-state index contributed by atoms with van der Waals surface area (Å²) in [5.74, 6) is -0.134. The van der Waals surface area contributed by atoms with Gasteiger partial charge in [-0.25, -0.2) is 4.39 Å². The van der Waals surface area contributed by atoms with Crippen LogP contribution in [-0.4, -0.2) is 26.2 Å². The summed E-state index contributed by atoms with van der Waals surface area (Å²) >= 11 is 0. The largest absolute Gasteiger partial charge is 0.370 e. The first kappa shape index (κ1) is 13.3. The van der Waals surface area contributed by atoms with E-state index in [4.69, 9.17) is 0 Å². The van der Waals surface area contributed by atoms with Crippen LogP contribution in [0.1, 0.15) is 26.3 Å². The lowest BCUT2D eigenvalue weighted by Gasteiger charge is -2.32. The van der Waals surface area contributed by atoms with Crippen LogP contribution in [0, 0.1) is 11.2 Å². The van der Waals surface area contributed by atoms with Gasteiger partial charge in [-0.05, 0) is 36.1 Å². The fourth-order valence-electron chi connectivity index (χ4n) is 2.62. The lowest BCUT2D eigenvalue weighted by atomic mass is 9.92. The maximum absolute atomic E-state index is 13.3. The molecule has 0 bridgehead atoms. The van der Waals surface area contributed by atoms with Crippen molar-refractivity contribution in [3.05, 3.63) is 29.6 Å². The number of nitrogens with one attached hydrogen (secondary N) is 1. The number of halogens is 1. The summed E-state index contributed by atoms with van der Waals surface area (Å²) < 4.78 is 13.3. The maximum Gasteiger partial charge on any atom is 0.125 e. The predicted molar refractivity (Wildman–Crippen MR) is 74.6 cm³/mol. The van der Waals surface area contributed by atoms with Crippen LogP contribution in [0.15, 0.2) is 18.2 Å². The fourth-order valence-corrected chi connectivity index (χ4v) is 2.62. The second kappa shape index (κ2) is 5.27. The number of benzene rings is 1. The van der Waals surface area contributed by atoms with E-state index in [1.807, 2.05) is 6.07 Å². The molecule has 0 radical (unpaired) electrons. The van der Waals surface area contributed by atoms with Crippen LogP contribution in [0.3, 0.4) is 0 Å². The third-order valence-electron chi connectivity index (χ3n) is 3.51. The van der Waals surface area contributed by atoms with E-state index in [0.717, 1.165) is 38.3 Å². The van der Waals surface area contributed by atoms with Crippen molar-refractivity contribution in [2.75, 3.05) is 31.1 Å². The SMILES string of the molecule is CCNCC(C)(C)CN1CCc2ccc(F)cc21. The molecule has 0 amide bonds. The van der Waals surface area contributed by atoms with Gasteiger partial charge in [-0.2, -0.15) is 0 Å². The molecular formula is C15H23FN2. The molecule has 1 aromatic rings. The van der Waals surface area contributed by atoms with Crippen molar-refractivity contribution < 1.29 is 4.39 Å². The summed E-state index contributed by atoms with van der Waals surface area (Å²) in [5, 5.41) is 3.40. The van der Waals surface area contributed by atoms with Crippen molar-refractivity contribution in [3.8, 4) is 0 Å². The highest BCUT2D eigenvalue weighted by Gasteiger charge is 2.26. The van der Waals surface area contributed by atoms with Gasteiger partial charge in [0.2, 0.25) is 0 Å². The highest BCUT2D eigenvalue weighted by atomic mass is 19.1. The molecule has 1 heterocycles. The number of rotatable bonds is 5. The van der Waals surface area contributed by atoms with Crippen LogP contribution in [0.25, 0.3) is 0 Å². The lowest BCUT2D eigenvalue weighted by molar-refractivity contribution is 0.347. The van der Waals surface area contributed by atoms with Gasteiger partial charge in [-0.3, -0.25) is 0 Å². The van der Waals surface area contributed by atoms with E-state index in [0.29, 0.717) is 0 Å². The topological polar surface area (TPSA) is 15.3 Å². The van der Waals surface area contributed by atoms with Crippen molar-refractivity contribution >= 4 is 5.69 Å². The molecular weight excluding hydrogens is 227 g/mol. The molecule has 0 atom stereocenters. The zero-order valence-electron chi connectivity index (χ0n) is 11.6. The molecule has 0 saturated heterocycles. The molecule has 0 saturated carbocycles. The molecule has 0 spiro atoms. The predicted octanol–water partition coefficient (Wildman–Crippen LogP) is 2.82. The Balaban J connectivity index is 2.07. The van der Waals surface area contributed by atoms with Crippen molar-refractivity contribution in [2.24, 2.45) is 5.41 Å². The maximum atomic E-state index is 13.3. The van der Waals surface area contributed by atoms with Crippen LogP contribution in [-0.2, 0) is 6.42 Å². The Bertz CT molecular complexity index is 415. The summed E-state index contributed by atoms with van der Waals surface area (Å²) in [6.07, 6.45) is 1.03.